The summed E-state index contributed by atoms with van der Waals surface area (Å²) in [6, 6.07) is 10.8. The first-order valence-corrected chi connectivity index (χ1v) is 6.93. The number of aromatic nitrogens is 3. The molecule has 7 heteroatoms. The Balaban J connectivity index is 1.69. The standard InChI is InChI=1S/C14H11BrN4O2/c15-9-4-5-12(17-7-9)14-18-13(21-19-14)8-20-11-3-1-2-10(16)6-11/h1-7H,8,16H2. The molecule has 0 aliphatic heterocycles. The minimum absolute atomic E-state index is 0.174. The SMILES string of the molecule is Nc1cccc(OCc2nc(-c3ccc(Br)cn3)no2)c1. The number of nitrogen functional groups attached to an aromatic ring is 1. The van der Waals surface area contributed by atoms with E-state index in [1.807, 2.05) is 18.2 Å². The number of hydrogen-bond donors (Lipinski definition) is 1. The van der Waals surface area contributed by atoms with Gasteiger partial charge >= 0.3 is 0 Å². The van der Waals surface area contributed by atoms with Gasteiger partial charge in [-0.3, -0.25) is 4.98 Å². The lowest BCUT2D eigenvalue weighted by Crippen LogP contribution is -1.96. The van der Waals surface area contributed by atoms with Crippen LogP contribution in [0, 0.1) is 0 Å². The minimum Gasteiger partial charge on any atom is -0.484 e. The third-order valence-electron chi connectivity index (χ3n) is 2.64. The molecule has 106 valence electrons. The Labute approximate surface area is 129 Å². The first-order chi connectivity index (χ1) is 10.2. The van der Waals surface area contributed by atoms with Crippen molar-refractivity contribution in [1.82, 2.24) is 15.1 Å². The van der Waals surface area contributed by atoms with E-state index in [-0.39, 0.29) is 6.61 Å². The number of nitrogens with two attached hydrogens (primary N) is 1. The highest BCUT2D eigenvalue weighted by Gasteiger charge is 2.10. The summed E-state index contributed by atoms with van der Waals surface area (Å²) in [7, 11) is 0. The van der Waals surface area contributed by atoms with Crippen LogP contribution in [0.3, 0.4) is 0 Å². The Bertz CT molecular complexity index is 743. The normalized spacial score (nSPS) is 10.5. The van der Waals surface area contributed by atoms with Crippen molar-refractivity contribution < 1.29 is 9.26 Å². The van der Waals surface area contributed by atoms with Crippen LogP contribution in [0.4, 0.5) is 5.69 Å². The maximum absolute atomic E-state index is 5.68. The van der Waals surface area contributed by atoms with E-state index in [4.69, 9.17) is 15.0 Å². The molecule has 0 spiro atoms. The Morgan fingerprint density at radius 2 is 2.14 bits per heavy atom. The molecule has 0 saturated heterocycles. The first kappa shape index (κ1) is 13.6. The summed E-state index contributed by atoms with van der Waals surface area (Å²) in [4.78, 5) is 8.44. The van der Waals surface area contributed by atoms with Crippen molar-refractivity contribution in [2.45, 2.75) is 6.61 Å². The van der Waals surface area contributed by atoms with E-state index in [9.17, 15) is 0 Å². The predicted molar refractivity (Wildman–Crippen MR) is 80.4 cm³/mol. The van der Waals surface area contributed by atoms with Gasteiger partial charge < -0.3 is 15.0 Å². The molecule has 0 aliphatic rings. The fourth-order valence-corrected chi connectivity index (χ4v) is 1.91. The second kappa shape index (κ2) is 5.92. The lowest BCUT2D eigenvalue weighted by Gasteiger charge is -2.03. The fourth-order valence-electron chi connectivity index (χ4n) is 1.68. The number of hydrogen-bond acceptors (Lipinski definition) is 6. The maximum Gasteiger partial charge on any atom is 0.264 e. The van der Waals surface area contributed by atoms with Crippen LogP contribution in [0.1, 0.15) is 5.89 Å². The van der Waals surface area contributed by atoms with Gasteiger partial charge in [0.2, 0.25) is 5.82 Å². The molecule has 2 aromatic heterocycles. The number of rotatable bonds is 4. The Kier molecular flexibility index (Phi) is 3.83. The number of nitrogens with zero attached hydrogens (tertiary/aromatic N) is 3. The van der Waals surface area contributed by atoms with Crippen molar-refractivity contribution in [3.8, 4) is 17.3 Å². The maximum atomic E-state index is 5.68. The van der Waals surface area contributed by atoms with Crippen LogP contribution in [-0.4, -0.2) is 15.1 Å². The topological polar surface area (TPSA) is 87.1 Å². The van der Waals surface area contributed by atoms with Gasteiger partial charge in [0.1, 0.15) is 11.4 Å². The van der Waals surface area contributed by atoms with Gasteiger partial charge in [-0.1, -0.05) is 11.2 Å². The molecule has 0 fully saturated rings. The van der Waals surface area contributed by atoms with Crippen molar-refractivity contribution in [2.75, 3.05) is 5.73 Å². The van der Waals surface area contributed by atoms with Gasteiger partial charge in [-0.05, 0) is 40.2 Å². The molecule has 0 atom stereocenters. The molecule has 0 amide bonds. The van der Waals surface area contributed by atoms with Gasteiger partial charge in [0, 0.05) is 22.4 Å². The van der Waals surface area contributed by atoms with Crippen molar-refractivity contribution in [2.24, 2.45) is 0 Å². The molecule has 6 nitrogen and oxygen atoms in total. The van der Waals surface area contributed by atoms with E-state index in [1.165, 1.54) is 0 Å². The Morgan fingerprint density at radius 3 is 2.90 bits per heavy atom. The highest BCUT2D eigenvalue weighted by atomic mass is 79.9. The molecule has 0 radical (unpaired) electrons. The Hall–Kier alpha value is -2.41. The highest BCUT2D eigenvalue weighted by molar-refractivity contribution is 9.10. The summed E-state index contributed by atoms with van der Waals surface area (Å²) in [5, 5.41) is 3.88. The van der Waals surface area contributed by atoms with Gasteiger partial charge in [0.25, 0.3) is 5.89 Å². The predicted octanol–water partition coefficient (Wildman–Crippen LogP) is 3.06. The number of benzene rings is 1. The second-order valence-electron chi connectivity index (χ2n) is 4.23. The minimum atomic E-state index is 0.174. The van der Waals surface area contributed by atoms with E-state index < -0.39 is 0 Å². The third-order valence-corrected chi connectivity index (χ3v) is 3.11. The smallest absolute Gasteiger partial charge is 0.264 e. The summed E-state index contributed by atoms with van der Waals surface area (Å²) in [6.45, 7) is 0.174. The molecule has 0 bridgehead atoms. The van der Waals surface area contributed by atoms with Crippen LogP contribution in [0.5, 0.6) is 5.75 Å². The highest BCUT2D eigenvalue weighted by Crippen LogP contribution is 2.18. The van der Waals surface area contributed by atoms with E-state index in [0.717, 1.165) is 4.47 Å². The lowest BCUT2D eigenvalue weighted by molar-refractivity contribution is 0.243. The number of anilines is 1. The first-order valence-electron chi connectivity index (χ1n) is 6.13. The van der Waals surface area contributed by atoms with Crippen LogP contribution in [-0.2, 0) is 6.61 Å². The summed E-state index contributed by atoms with van der Waals surface area (Å²) < 4.78 is 11.6. The van der Waals surface area contributed by atoms with Crippen molar-refractivity contribution in [3.05, 3.63) is 53.0 Å². The molecule has 2 heterocycles. The van der Waals surface area contributed by atoms with Gasteiger partial charge in [0.15, 0.2) is 6.61 Å². The molecule has 2 N–H and O–H groups in total. The van der Waals surface area contributed by atoms with E-state index in [2.05, 4.69) is 31.1 Å². The Morgan fingerprint density at radius 1 is 1.24 bits per heavy atom. The van der Waals surface area contributed by atoms with Crippen LogP contribution < -0.4 is 10.5 Å². The summed E-state index contributed by atoms with van der Waals surface area (Å²) in [6.07, 6.45) is 1.68. The monoisotopic (exact) mass is 346 g/mol. The average Bonchev–Trinajstić information content (AvgIpc) is 2.95. The van der Waals surface area contributed by atoms with Crippen LogP contribution in [0.15, 0.2) is 51.6 Å². The van der Waals surface area contributed by atoms with Crippen LogP contribution in [0.2, 0.25) is 0 Å². The molecular formula is C14H11BrN4O2. The van der Waals surface area contributed by atoms with Crippen molar-refractivity contribution >= 4 is 21.6 Å². The van der Waals surface area contributed by atoms with E-state index in [0.29, 0.717) is 28.8 Å². The molecule has 3 rings (SSSR count). The van der Waals surface area contributed by atoms with Crippen LogP contribution in [0.25, 0.3) is 11.5 Å². The molecule has 1 aromatic carbocycles. The van der Waals surface area contributed by atoms with Crippen molar-refractivity contribution in [1.29, 1.82) is 0 Å². The van der Waals surface area contributed by atoms with E-state index >= 15 is 0 Å². The average molecular weight is 347 g/mol. The summed E-state index contributed by atoms with van der Waals surface area (Å²) in [5.41, 5.74) is 6.95. The second-order valence-corrected chi connectivity index (χ2v) is 5.15. The molecular weight excluding hydrogens is 336 g/mol. The third kappa shape index (κ3) is 3.38. The zero-order valence-electron chi connectivity index (χ0n) is 10.9. The van der Waals surface area contributed by atoms with Gasteiger partial charge in [0.05, 0.1) is 0 Å². The number of halogens is 1. The molecule has 21 heavy (non-hydrogen) atoms. The van der Waals surface area contributed by atoms with Gasteiger partial charge in [-0.25, -0.2) is 0 Å². The zero-order chi connectivity index (χ0) is 14.7. The lowest BCUT2D eigenvalue weighted by atomic mass is 10.3. The fraction of sp³-hybridized carbons (Fsp3) is 0.0714. The summed E-state index contributed by atoms with van der Waals surface area (Å²) >= 11 is 3.32. The van der Waals surface area contributed by atoms with Gasteiger partial charge in [-0.15, -0.1) is 0 Å². The van der Waals surface area contributed by atoms with Gasteiger partial charge in [-0.2, -0.15) is 4.98 Å². The zero-order valence-corrected chi connectivity index (χ0v) is 12.4. The van der Waals surface area contributed by atoms with E-state index in [1.54, 1.807) is 24.4 Å². The largest absolute Gasteiger partial charge is 0.484 e. The molecule has 0 aliphatic carbocycles. The number of ether oxygens (including phenoxy) is 1. The van der Waals surface area contributed by atoms with Crippen LogP contribution >= 0.6 is 15.9 Å². The summed E-state index contributed by atoms with van der Waals surface area (Å²) in [5.74, 6) is 1.45. The van der Waals surface area contributed by atoms with Crippen molar-refractivity contribution in [3.63, 3.8) is 0 Å². The number of pyridine rings is 1. The molecule has 0 saturated carbocycles. The molecule has 3 aromatic rings. The quantitative estimate of drug-likeness (QED) is 0.730. The molecule has 0 unspecified atom stereocenters.